The van der Waals surface area contributed by atoms with Gasteiger partial charge in [-0.3, -0.25) is 4.98 Å². The number of aryl methyl sites for hydroxylation is 1. The predicted octanol–water partition coefficient (Wildman–Crippen LogP) is 4.18. The first-order chi connectivity index (χ1) is 9.74. The Morgan fingerprint density at radius 1 is 1.10 bits per heavy atom. The van der Waals surface area contributed by atoms with Crippen molar-refractivity contribution in [2.45, 2.75) is 6.92 Å². The monoisotopic (exact) mass is 279 g/mol. The zero-order valence-corrected chi connectivity index (χ0v) is 11.8. The van der Waals surface area contributed by atoms with Gasteiger partial charge >= 0.3 is 0 Å². The molecule has 0 aliphatic carbocycles. The summed E-state index contributed by atoms with van der Waals surface area (Å²) in [4.78, 5) is 11.9. The summed E-state index contributed by atoms with van der Waals surface area (Å²) in [5, 5.41) is 0. The van der Waals surface area contributed by atoms with E-state index in [1.807, 2.05) is 48.7 Å². The number of benzene rings is 1. The van der Waals surface area contributed by atoms with E-state index in [1.165, 1.54) is 0 Å². The van der Waals surface area contributed by atoms with Gasteiger partial charge in [-0.15, -0.1) is 0 Å². The van der Waals surface area contributed by atoms with Gasteiger partial charge in [0.15, 0.2) is 0 Å². The Bertz CT molecular complexity index is 794. The van der Waals surface area contributed by atoms with E-state index in [1.54, 1.807) is 6.20 Å². The fourth-order valence-corrected chi connectivity index (χ4v) is 2.29. The second-order valence-electron chi connectivity index (χ2n) is 4.54. The molecule has 0 amide bonds. The topological polar surface area (TPSA) is 41.6 Å². The number of aromatic amines is 1. The Labute approximate surface area is 122 Å². The number of H-pyrrole nitrogens is 1. The molecular formula is C16H13N3S. The molecule has 0 aliphatic heterocycles. The molecule has 3 nitrogen and oxygen atoms in total. The Morgan fingerprint density at radius 3 is 2.65 bits per heavy atom. The summed E-state index contributed by atoms with van der Waals surface area (Å²) in [6.07, 6.45) is 3.62. The van der Waals surface area contributed by atoms with E-state index in [-0.39, 0.29) is 0 Å². The normalized spacial score (nSPS) is 10.4. The van der Waals surface area contributed by atoms with Gasteiger partial charge in [0.1, 0.15) is 10.5 Å². The van der Waals surface area contributed by atoms with Crippen molar-refractivity contribution in [3.63, 3.8) is 0 Å². The number of pyridine rings is 1. The average Bonchev–Trinajstić information content (AvgIpc) is 2.48. The molecule has 20 heavy (non-hydrogen) atoms. The van der Waals surface area contributed by atoms with Crippen molar-refractivity contribution in [1.82, 2.24) is 15.0 Å². The van der Waals surface area contributed by atoms with Crippen molar-refractivity contribution in [2.24, 2.45) is 0 Å². The van der Waals surface area contributed by atoms with E-state index in [2.05, 4.69) is 21.9 Å². The van der Waals surface area contributed by atoms with Crippen LogP contribution in [-0.2, 0) is 0 Å². The Balaban J connectivity index is 2.18. The van der Waals surface area contributed by atoms with Crippen LogP contribution >= 0.6 is 12.2 Å². The summed E-state index contributed by atoms with van der Waals surface area (Å²) in [6.45, 7) is 2.05. The average molecular weight is 279 g/mol. The highest BCUT2D eigenvalue weighted by Crippen LogP contribution is 2.23. The van der Waals surface area contributed by atoms with E-state index in [0.717, 1.165) is 28.2 Å². The molecule has 0 atom stereocenters. The highest BCUT2D eigenvalue weighted by molar-refractivity contribution is 7.71. The lowest BCUT2D eigenvalue weighted by Crippen LogP contribution is -1.94. The van der Waals surface area contributed by atoms with Crippen LogP contribution in [0.15, 0.2) is 54.9 Å². The minimum Gasteiger partial charge on any atom is -0.339 e. The van der Waals surface area contributed by atoms with Crippen LogP contribution in [0.5, 0.6) is 0 Å². The molecule has 0 radical (unpaired) electrons. The zero-order valence-electron chi connectivity index (χ0n) is 11.0. The van der Waals surface area contributed by atoms with Crippen LogP contribution in [-0.4, -0.2) is 15.0 Å². The van der Waals surface area contributed by atoms with E-state index in [4.69, 9.17) is 12.2 Å². The quantitative estimate of drug-likeness (QED) is 0.716. The van der Waals surface area contributed by atoms with E-state index in [9.17, 15) is 0 Å². The maximum atomic E-state index is 5.28. The molecule has 0 unspecified atom stereocenters. The van der Waals surface area contributed by atoms with Gasteiger partial charge in [0.25, 0.3) is 0 Å². The lowest BCUT2D eigenvalue weighted by molar-refractivity contribution is 1.15. The molecule has 0 bridgehead atoms. The summed E-state index contributed by atoms with van der Waals surface area (Å²) in [6, 6.07) is 13.8. The fraction of sp³-hybridized carbons (Fsp3) is 0.0625. The van der Waals surface area contributed by atoms with Crippen molar-refractivity contribution >= 4 is 12.2 Å². The molecule has 1 aromatic carbocycles. The van der Waals surface area contributed by atoms with Crippen molar-refractivity contribution < 1.29 is 0 Å². The molecule has 98 valence electrons. The number of aromatic nitrogens is 3. The van der Waals surface area contributed by atoms with E-state index in [0.29, 0.717) is 4.64 Å². The number of rotatable bonds is 2. The maximum absolute atomic E-state index is 5.28. The molecule has 2 heterocycles. The molecule has 0 saturated heterocycles. The molecular weight excluding hydrogens is 266 g/mol. The zero-order chi connectivity index (χ0) is 13.9. The number of nitrogens with zero attached hydrogens (tertiary/aromatic N) is 2. The number of hydrogen-bond acceptors (Lipinski definition) is 3. The second kappa shape index (κ2) is 5.35. The first-order valence-corrected chi connectivity index (χ1v) is 6.72. The molecule has 0 spiro atoms. The molecule has 0 fully saturated rings. The third-order valence-corrected chi connectivity index (χ3v) is 3.33. The lowest BCUT2D eigenvalue weighted by atomic mass is 10.1. The largest absolute Gasteiger partial charge is 0.339 e. The highest BCUT2D eigenvalue weighted by atomic mass is 32.1. The van der Waals surface area contributed by atoms with Crippen molar-refractivity contribution in [3.05, 3.63) is 65.1 Å². The summed E-state index contributed by atoms with van der Waals surface area (Å²) < 4.78 is 0.570. The molecule has 0 saturated carbocycles. The van der Waals surface area contributed by atoms with Crippen LogP contribution in [0, 0.1) is 11.6 Å². The van der Waals surface area contributed by atoms with E-state index < -0.39 is 0 Å². The molecule has 1 N–H and O–H groups in total. The highest BCUT2D eigenvalue weighted by Gasteiger charge is 2.06. The second-order valence-corrected chi connectivity index (χ2v) is 4.96. The third-order valence-electron chi connectivity index (χ3n) is 3.12. The predicted molar refractivity (Wildman–Crippen MR) is 82.8 cm³/mol. The Morgan fingerprint density at radius 2 is 1.90 bits per heavy atom. The van der Waals surface area contributed by atoms with Gasteiger partial charge in [-0.2, -0.15) is 0 Å². The summed E-state index contributed by atoms with van der Waals surface area (Å²) in [5.41, 5.74) is 4.14. The third kappa shape index (κ3) is 2.51. The SMILES string of the molecule is Cc1ccncc1-c1cc(=S)nc(-c2ccccc2)[nH]1. The lowest BCUT2D eigenvalue weighted by Gasteiger charge is -2.08. The summed E-state index contributed by atoms with van der Waals surface area (Å²) in [5.74, 6) is 0.774. The number of nitrogens with one attached hydrogen (secondary N) is 1. The number of hydrogen-bond donors (Lipinski definition) is 1. The van der Waals surface area contributed by atoms with Crippen LogP contribution in [0.4, 0.5) is 0 Å². The molecule has 2 aromatic heterocycles. The van der Waals surface area contributed by atoms with Gasteiger partial charge in [-0.05, 0) is 24.6 Å². The standard InChI is InChI=1S/C16H13N3S/c1-11-7-8-17-10-13(11)14-9-15(20)19-16(18-14)12-5-3-2-4-6-12/h2-10H,1H3,(H,18,19,20). The maximum Gasteiger partial charge on any atom is 0.139 e. The Kier molecular flexibility index (Phi) is 3.39. The van der Waals surface area contributed by atoms with Crippen molar-refractivity contribution in [2.75, 3.05) is 0 Å². The van der Waals surface area contributed by atoms with Gasteiger partial charge < -0.3 is 4.98 Å². The molecule has 0 aliphatic rings. The van der Waals surface area contributed by atoms with Gasteiger partial charge in [0, 0.05) is 23.5 Å². The summed E-state index contributed by atoms with van der Waals surface area (Å²) >= 11 is 5.28. The Hall–Kier alpha value is -2.33. The van der Waals surface area contributed by atoms with Gasteiger partial charge in [0.05, 0.1) is 5.69 Å². The van der Waals surface area contributed by atoms with E-state index >= 15 is 0 Å². The minimum atomic E-state index is 0.570. The van der Waals surface area contributed by atoms with Gasteiger partial charge in [0.2, 0.25) is 0 Å². The minimum absolute atomic E-state index is 0.570. The van der Waals surface area contributed by atoms with Crippen molar-refractivity contribution in [3.8, 4) is 22.6 Å². The summed E-state index contributed by atoms with van der Waals surface area (Å²) in [7, 11) is 0. The van der Waals surface area contributed by atoms with Crippen LogP contribution in [0.2, 0.25) is 0 Å². The first kappa shape index (κ1) is 12.7. The fourth-order valence-electron chi connectivity index (χ4n) is 2.08. The molecule has 4 heteroatoms. The molecule has 3 rings (SSSR count). The van der Waals surface area contributed by atoms with Gasteiger partial charge in [-0.1, -0.05) is 42.5 Å². The van der Waals surface area contributed by atoms with Crippen LogP contribution in [0.1, 0.15) is 5.56 Å². The van der Waals surface area contributed by atoms with Crippen LogP contribution < -0.4 is 0 Å². The van der Waals surface area contributed by atoms with Crippen molar-refractivity contribution in [1.29, 1.82) is 0 Å². The van der Waals surface area contributed by atoms with Crippen LogP contribution in [0.3, 0.4) is 0 Å². The first-order valence-electron chi connectivity index (χ1n) is 6.32. The molecule has 3 aromatic rings. The van der Waals surface area contributed by atoms with Crippen LogP contribution in [0.25, 0.3) is 22.6 Å². The van der Waals surface area contributed by atoms with Gasteiger partial charge in [-0.25, -0.2) is 4.98 Å². The smallest absolute Gasteiger partial charge is 0.139 e.